The van der Waals surface area contributed by atoms with E-state index < -0.39 is 0 Å². The van der Waals surface area contributed by atoms with Crippen LogP contribution in [0.25, 0.3) is 10.9 Å². The van der Waals surface area contributed by atoms with Crippen LogP contribution in [-0.2, 0) is 17.8 Å². The number of fused-ring (bicyclic) bond motifs is 1. The van der Waals surface area contributed by atoms with Gasteiger partial charge >= 0.3 is 0 Å². The molecular formula is C20H21N3O3. The number of hydrogen-bond donors (Lipinski definition) is 1. The third-order valence-corrected chi connectivity index (χ3v) is 4.92. The number of Topliss-reactive ketones (excluding diaryl/α,β-unsaturated/α-hetero) is 1. The molecule has 26 heavy (non-hydrogen) atoms. The van der Waals surface area contributed by atoms with Crippen molar-refractivity contribution in [2.45, 2.75) is 39.7 Å². The molecule has 0 saturated heterocycles. The van der Waals surface area contributed by atoms with E-state index in [2.05, 4.69) is 10.5 Å². The number of para-hydroxylation sites is 1. The van der Waals surface area contributed by atoms with Gasteiger partial charge < -0.3 is 9.09 Å². The van der Waals surface area contributed by atoms with E-state index in [1.807, 2.05) is 42.7 Å². The Hall–Kier alpha value is -2.89. The Bertz CT molecular complexity index is 995. The zero-order chi connectivity index (χ0) is 18.3. The minimum absolute atomic E-state index is 0.111. The second-order valence-corrected chi connectivity index (χ2v) is 6.81. The summed E-state index contributed by atoms with van der Waals surface area (Å²) in [5, 5.41) is 7.64. The third-order valence-electron chi connectivity index (χ3n) is 4.92. The van der Waals surface area contributed by atoms with E-state index in [-0.39, 0.29) is 24.2 Å². The highest BCUT2D eigenvalue weighted by atomic mass is 16.5. The highest BCUT2D eigenvalue weighted by molar-refractivity contribution is 6.10. The minimum atomic E-state index is -0.210. The molecule has 1 aliphatic rings. The van der Waals surface area contributed by atoms with Crippen molar-refractivity contribution in [1.82, 2.24) is 9.72 Å². The maximum absolute atomic E-state index is 12.6. The van der Waals surface area contributed by atoms with Crippen LogP contribution in [0.15, 0.2) is 35.0 Å². The number of ketones is 1. The highest BCUT2D eigenvalue weighted by Gasteiger charge is 2.32. The van der Waals surface area contributed by atoms with Crippen molar-refractivity contribution in [2.75, 3.05) is 5.32 Å². The quantitative estimate of drug-likeness (QED) is 0.687. The van der Waals surface area contributed by atoms with Crippen LogP contribution in [0.2, 0.25) is 0 Å². The van der Waals surface area contributed by atoms with Gasteiger partial charge in [-0.05, 0) is 32.3 Å². The van der Waals surface area contributed by atoms with Crippen LogP contribution in [0.5, 0.6) is 0 Å². The maximum Gasteiger partial charge on any atom is 0.246 e. The third kappa shape index (κ3) is 2.92. The van der Waals surface area contributed by atoms with Crippen LogP contribution < -0.4 is 5.32 Å². The molecule has 2 heterocycles. The van der Waals surface area contributed by atoms with Gasteiger partial charge in [0, 0.05) is 34.1 Å². The lowest BCUT2D eigenvalue weighted by Crippen LogP contribution is -2.18. The Labute approximate surface area is 151 Å². The predicted molar refractivity (Wildman–Crippen MR) is 98.2 cm³/mol. The Morgan fingerprint density at radius 3 is 2.77 bits per heavy atom. The first-order chi connectivity index (χ1) is 12.6. The van der Waals surface area contributed by atoms with E-state index in [1.165, 1.54) is 0 Å². The van der Waals surface area contributed by atoms with Crippen LogP contribution in [0.3, 0.4) is 0 Å². The van der Waals surface area contributed by atoms with E-state index >= 15 is 0 Å². The van der Waals surface area contributed by atoms with Gasteiger partial charge in [0.1, 0.15) is 6.54 Å². The highest BCUT2D eigenvalue weighted by Crippen LogP contribution is 2.35. The van der Waals surface area contributed by atoms with Crippen molar-refractivity contribution < 1.29 is 14.1 Å². The van der Waals surface area contributed by atoms with Gasteiger partial charge in [0.05, 0.1) is 5.69 Å². The minimum Gasteiger partial charge on any atom is -0.338 e. The first kappa shape index (κ1) is 16.6. The number of nitrogens with zero attached hydrogens (tertiary/aromatic N) is 2. The molecule has 1 amide bonds. The Morgan fingerprint density at radius 1 is 1.31 bits per heavy atom. The molecule has 1 fully saturated rings. The van der Waals surface area contributed by atoms with Crippen molar-refractivity contribution in [1.29, 1.82) is 0 Å². The molecule has 0 radical (unpaired) electrons. The van der Waals surface area contributed by atoms with E-state index in [0.29, 0.717) is 11.4 Å². The molecule has 6 heteroatoms. The van der Waals surface area contributed by atoms with Crippen LogP contribution in [0.1, 0.15) is 41.4 Å². The van der Waals surface area contributed by atoms with Crippen molar-refractivity contribution in [3.8, 4) is 0 Å². The fourth-order valence-corrected chi connectivity index (χ4v) is 3.28. The summed E-state index contributed by atoms with van der Waals surface area (Å²) >= 11 is 0. The lowest BCUT2D eigenvalue weighted by Gasteiger charge is -2.05. The first-order valence-electron chi connectivity index (χ1n) is 8.95. The van der Waals surface area contributed by atoms with Crippen LogP contribution >= 0.6 is 0 Å². The summed E-state index contributed by atoms with van der Waals surface area (Å²) in [6, 6.07) is 7.70. The zero-order valence-electron chi connectivity index (χ0n) is 14.9. The molecule has 0 atom stereocenters. The summed E-state index contributed by atoms with van der Waals surface area (Å²) in [5.74, 6) is 0.502. The molecule has 1 N–H and O–H groups in total. The number of amides is 1. The fraction of sp³-hybridized carbons (Fsp3) is 0.350. The smallest absolute Gasteiger partial charge is 0.246 e. The number of nitrogens with one attached hydrogen (secondary N) is 1. The molecule has 6 nitrogen and oxygen atoms in total. The van der Waals surface area contributed by atoms with E-state index in [9.17, 15) is 9.59 Å². The first-order valence-corrected chi connectivity index (χ1v) is 8.95. The molecule has 0 aliphatic heterocycles. The number of aromatic nitrogens is 2. The summed E-state index contributed by atoms with van der Waals surface area (Å²) in [6.07, 6.45) is 4.47. The molecule has 134 valence electrons. The van der Waals surface area contributed by atoms with Crippen molar-refractivity contribution in [3.05, 3.63) is 47.3 Å². The van der Waals surface area contributed by atoms with Crippen molar-refractivity contribution in [2.24, 2.45) is 5.92 Å². The molecular weight excluding hydrogens is 330 g/mol. The average molecular weight is 351 g/mol. The molecule has 1 saturated carbocycles. The van der Waals surface area contributed by atoms with E-state index in [1.54, 1.807) is 6.20 Å². The lowest BCUT2D eigenvalue weighted by atomic mass is 10.1. The van der Waals surface area contributed by atoms with Crippen LogP contribution in [-0.4, -0.2) is 21.4 Å². The van der Waals surface area contributed by atoms with Gasteiger partial charge in [-0.1, -0.05) is 30.3 Å². The van der Waals surface area contributed by atoms with Gasteiger partial charge in [0.25, 0.3) is 0 Å². The number of carbonyl (C=O) groups is 2. The normalized spacial score (nSPS) is 13.9. The molecule has 1 aromatic carbocycles. The summed E-state index contributed by atoms with van der Waals surface area (Å²) < 4.78 is 7.05. The molecule has 0 bridgehead atoms. The van der Waals surface area contributed by atoms with Gasteiger partial charge in [-0.2, -0.15) is 0 Å². The lowest BCUT2D eigenvalue weighted by molar-refractivity contribution is -0.116. The predicted octanol–water partition coefficient (Wildman–Crippen LogP) is 3.73. The Balaban J connectivity index is 1.59. The van der Waals surface area contributed by atoms with Crippen molar-refractivity contribution >= 4 is 28.5 Å². The molecule has 0 unspecified atom stereocenters. The van der Waals surface area contributed by atoms with Crippen LogP contribution in [0, 0.1) is 12.8 Å². The monoisotopic (exact) mass is 351 g/mol. The number of hydrogen-bond acceptors (Lipinski definition) is 4. The van der Waals surface area contributed by atoms with Gasteiger partial charge in [-0.15, -0.1) is 0 Å². The van der Waals surface area contributed by atoms with E-state index in [0.717, 1.165) is 41.4 Å². The number of carbonyl (C=O) groups excluding carboxylic acids is 2. The molecule has 3 aromatic rings. The van der Waals surface area contributed by atoms with Gasteiger partial charge in [-0.25, -0.2) is 0 Å². The summed E-state index contributed by atoms with van der Waals surface area (Å²) in [6.45, 7) is 3.98. The molecule has 0 spiro atoms. The van der Waals surface area contributed by atoms with Gasteiger partial charge in [0.15, 0.2) is 5.78 Å². The number of aryl methyl sites for hydroxylation is 1. The molecule has 2 aromatic heterocycles. The second kappa shape index (κ2) is 6.44. The molecule has 4 rings (SSSR count). The number of benzene rings is 1. The molecule has 1 aliphatic carbocycles. The second-order valence-electron chi connectivity index (χ2n) is 6.81. The SMILES string of the molecule is CCc1noc(NC(=O)Cn2cc(C(=O)C3CC3)c3ccccc32)c1C. The van der Waals surface area contributed by atoms with E-state index in [4.69, 9.17) is 4.52 Å². The topological polar surface area (TPSA) is 77.1 Å². The zero-order valence-corrected chi connectivity index (χ0v) is 14.9. The average Bonchev–Trinajstić information content (AvgIpc) is 3.36. The standard InChI is InChI=1S/C20H21N3O3/c1-3-16-12(2)20(26-22-16)21-18(24)11-23-10-15(19(25)13-8-9-13)14-6-4-5-7-17(14)23/h4-7,10,13H,3,8-9,11H2,1-2H3,(H,21,24). The Kier molecular flexibility index (Phi) is 4.11. The largest absolute Gasteiger partial charge is 0.338 e. The van der Waals surface area contributed by atoms with Crippen LogP contribution in [0.4, 0.5) is 5.88 Å². The van der Waals surface area contributed by atoms with Gasteiger partial charge in [-0.3, -0.25) is 14.9 Å². The maximum atomic E-state index is 12.6. The van der Waals surface area contributed by atoms with Gasteiger partial charge in [0.2, 0.25) is 11.8 Å². The summed E-state index contributed by atoms with van der Waals surface area (Å²) in [5.41, 5.74) is 3.28. The summed E-state index contributed by atoms with van der Waals surface area (Å²) in [7, 11) is 0. The Morgan fingerprint density at radius 2 is 2.08 bits per heavy atom. The van der Waals surface area contributed by atoms with Crippen molar-refractivity contribution in [3.63, 3.8) is 0 Å². The number of anilines is 1. The summed E-state index contributed by atoms with van der Waals surface area (Å²) in [4.78, 5) is 25.1. The fourth-order valence-electron chi connectivity index (χ4n) is 3.28. The number of rotatable bonds is 6.